The molecule has 0 bridgehead atoms. The Morgan fingerprint density at radius 2 is 2.07 bits per heavy atom. The number of aromatic nitrogens is 2. The lowest BCUT2D eigenvalue weighted by Gasteiger charge is -2.04. The lowest BCUT2D eigenvalue weighted by molar-refractivity contribution is 0.199. The predicted molar refractivity (Wildman–Crippen MR) is 55.2 cm³/mol. The van der Waals surface area contributed by atoms with E-state index in [2.05, 4.69) is 9.97 Å². The smallest absolute Gasteiger partial charge is 0.129 e. The minimum absolute atomic E-state index is 0.432. The van der Waals surface area contributed by atoms with Gasteiger partial charge in [-0.15, -0.1) is 0 Å². The van der Waals surface area contributed by atoms with Crippen molar-refractivity contribution in [3.63, 3.8) is 0 Å². The van der Waals surface area contributed by atoms with Gasteiger partial charge in [-0.25, -0.2) is 4.98 Å². The van der Waals surface area contributed by atoms with E-state index in [1.165, 1.54) is 0 Å². The van der Waals surface area contributed by atoms with Gasteiger partial charge in [0, 0.05) is 11.6 Å². The fourth-order valence-corrected chi connectivity index (χ4v) is 1.42. The maximum absolute atomic E-state index is 9.36. The highest BCUT2D eigenvalue weighted by Gasteiger charge is 2.03. The first-order chi connectivity index (χ1) is 6.66. The van der Waals surface area contributed by atoms with Gasteiger partial charge < -0.3 is 5.11 Å². The Balaban J connectivity index is 2.63. The molecule has 0 saturated heterocycles. The fourth-order valence-electron chi connectivity index (χ4n) is 1.25. The van der Waals surface area contributed by atoms with Crippen LogP contribution in [0.3, 0.4) is 0 Å². The zero-order valence-corrected chi connectivity index (χ0v) is 8.36. The third kappa shape index (κ3) is 1.69. The maximum atomic E-state index is 9.36. The van der Waals surface area contributed by atoms with Crippen molar-refractivity contribution in [2.75, 3.05) is 0 Å². The van der Waals surface area contributed by atoms with Crippen molar-refractivity contribution in [1.29, 1.82) is 0 Å². The van der Waals surface area contributed by atoms with E-state index in [9.17, 15) is 5.11 Å². The molecule has 2 aromatic rings. The van der Waals surface area contributed by atoms with E-state index >= 15 is 0 Å². The van der Waals surface area contributed by atoms with Crippen LogP contribution in [-0.4, -0.2) is 15.1 Å². The van der Waals surface area contributed by atoms with Gasteiger partial charge in [-0.3, -0.25) is 4.98 Å². The maximum Gasteiger partial charge on any atom is 0.129 e. The summed E-state index contributed by atoms with van der Waals surface area (Å²) >= 11 is 5.75. The van der Waals surface area contributed by atoms with Crippen LogP contribution in [0.2, 0.25) is 5.15 Å². The summed E-state index contributed by atoms with van der Waals surface area (Å²) in [4.78, 5) is 8.08. The number of rotatable bonds is 1. The van der Waals surface area contributed by atoms with Gasteiger partial charge in [-0.2, -0.15) is 0 Å². The number of fused-ring (bicyclic) bond motifs is 1. The number of pyridine rings is 2. The van der Waals surface area contributed by atoms with Crippen molar-refractivity contribution < 1.29 is 5.11 Å². The van der Waals surface area contributed by atoms with Crippen LogP contribution < -0.4 is 0 Å². The molecule has 0 radical (unpaired) electrons. The monoisotopic (exact) mass is 208 g/mol. The molecule has 0 aliphatic carbocycles. The number of nitrogens with zero attached hydrogens (tertiary/aromatic N) is 2. The number of hydrogen-bond acceptors (Lipinski definition) is 3. The average Bonchev–Trinajstić information content (AvgIpc) is 2.16. The van der Waals surface area contributed by atoms with Gasteiger partial charge in [0.15, 0.2) is 0 Å². The molecule has 2 heterocycles. The van der Waals surface area contributed by atoms with Crippen LogP contribution in [0.15, 0.2) is 24.5 Å². The summed E-state index contributed by atoms with van der Waals surface area (Å²) in [5.41, 5.74) is 1.55. The highest BCUT2D eigenvalue weighted by Crippen LogP contribution is 2.19. The Morgan fingerprint density at radius 1 is 1.29 bits per heavy atom. The molecule has 72 valence electrons. The van der Waals surface area contributed by atoms with Crippen LogP contribution in [0.5, 0.6) is 0 Å². The Morgan fingerprint density at radius 3 is 2.79 bits per heavy atom. The molecular weight excluding hydrogens is 200 g/mol. The van der Waals surface area contributed by atoms with E-state index in [1.54, 1.807) is 25.4 Å². The minimum Gasteiger partial charge on any atom is -0.389 e. The van der Waals surface area contributed by atoms with Crippen LogP contribution in [0.1, 0.15) is 18.6 Å². The summed E-state index contributed by atoms with van der Waals surface area (Å²) in [6, 6.07) is 3.59. The molecule has 14 heavy (non-hydrogen) atoms. The SMILES string of the molecule is CC(O)c1cnc2cnc(Cl)cc2c1. The quantitative estimate of drug-likeness (QED) is 0.732. The summed E-state index contributed by atoms with van der Waals surface area (Å²) in [6.07, 6.45) is 2.74. The predicted octanol–water partition coefficient (Wildman–Crippen LogP) is 2.34. The zero-order valence-electron chi connectivity index (χ0n) is 7.61. The molecule has 0 spiro atoms. The van der Waals surface area contributed by atoms with Crippen molar-refractivity contribution in [1.82, 2.24) is 9.97 Å². The molecule has 0 saturated carbocycles. The molecule has 0 aliphatic rings. The molecule has 0 amide bonds. The van der Waals surface area contributed by atoms with E-state index in [0.717, 1.165) is 16.5 Å². The molecule has 2 aromatic heterocycles. The fraction of sp³-hybridized carbons (Fsp3) is 0.200. The van der Waals surface area contributed by atoms with Crippen LogP contribution in [-0.2, 0) is 0 Å². The van der Waals surface area contributed by atoms with Crippen molar-refractivity contribution in [3.8, 4) is 0 Å². The number of halogens is 1. The van der Waals surface area contributed by atoms with Crippen LogP contribution in [0.4, 0.5) is 0 Å². The standard InChI is InChI=1S/C10H9ClN2O/c1-6(14)8-2-7-3-10(11)13-5-9(7)12-4-8/h2-6,14H,1H3. The Kier molecular flexibility index (Phi) is 2.35. The van der Waals surface area contributed by atoms with Crippen molar-refractivity contribution in [2.45, 2.75) is 13.0 Å². The Labute approximate surface area is 86.4 Å². The summed E-state index contributed by atoms with van der Waals surface area (Å²) < 4.78 is 0. The highest BCUT2D eigenvalue weighted by atomic mass is 35.5. The van der Waals surface area contributed by atoms with Gasteiger partial charge in [0.25, 0.3) is 0 Å². The molecule has 0 fully saturated rings. The van der Waals surface area contributed by atoms with Crippen LogP contribution >= 0.6 is 11.6 Å². The second kappa shape index (κ2) is 3.52. The molecule has 0 aliphatic heterocycles. The van der Waals surface area contributed by atoms with Crippen molar-refractivity contribution in [3.05, 3.63) is 35.2 Å². The molecule has 1 unspecified atom stereocenters. The molecule has 1 atom stereocenters. The molecule has 2 rings (SSSR count). The van der Waals surface area contributed by atoms with Crippen LogP contribution in [0, 0.1) is 0 Å². The minimum atomic E-state index is -0.515. The molecular formula is C10H9ClN2O. The van der Waals surface area contributed by atoms with Crippen LogP contribution in [0.25, 0.3) is 10.9 Å². The average molecular weight is 209 g/mol. The topological polar surface area (TPSA) is 46.0 Å². The largest absolute Gasteiger partial charge is 0.389 e. The first-order valence-corrected chi connectivity index (χ1v) is 4.64. The highest BCUT2D eigenvalue weighted by molar-refractivity contribution is 6.30. The van der Waals surface area contributed by atoms with Gasteiger partial charge >= 0.3 is 0 Å². The third-order valence-electron chi connectivity index (χ3n) is 2.04. The van der Waals surface area contributed by atoms with E-state index in [-0.39, 0.29) is 0 Å². The third-order valence-corrected chi connectivity index (χ3v) is 2.24. The molecule has 1 N–H and O–H groups in total. The summed E-state index contributed by atoms with van der Waals surface area (Å²) in [6.45, 7) is 1.70. The van der Waals surface area contributed by atoms with Crippen molar-refractivity contribution >= 4 is 22.5 Å². The number of hydrogen-bond donors (Lipinski definition) is 1. The van der Waals surface area contributed by atoms with E-state index < -0.39 is 6.10 Å². The van der Waals surface area contributed by atoms with E-state index in [4.69, 9.17) is 11.6 Å². The normalized spacial score (nSPS) is 13.1. The number of aliphatic hydroxyl groups excluding tert-OH is 1. The molecule has 4 heteroatoms. The second-order valence-electron chi connectivity index (χ2n) is 3.14. The van der Waals surface area contributed by atoms with Gasteiger partial charge in [0.05, 0.1) is 17.8 Å². The van der Waals surface area contributed by atoms with Crippen molar-refractivity contribution in [2.24, 2.45) is 0 Å². The zero-order chi connectivity index (χ0) is 10.1. The van der Waals surface area contributed by atoms with E-state index in [1.807, 2.05) is 6.07 Å². The second-order valence-corrected chi connectivity index (χ2v) is 3.53. The summed E-state index contributed by atoms with van der Waals surface area (Å²) in [5, 5.41) is 10.7. The van der Waals surface area contributed by atoms with E-state index in [0.29, 0.717) is 5.15 Å². The lowest BCUT2D eigenvalue weighted by Crippen LogP contribution is -1.92. The van der Waals surface area contributed by atoms with Gasteiger partial charge in [-0.05, 0) is 24.6 Å². The van der Waals surface area contributed by atoms with Gasteiger partial charge in [0.1, 0.15) is 5.15 Å². The summed E-state index contributed by atoms with van der Waals surface area (Å²) in [7, 11) is 0. The van der Waals surface area contributed by atoms with Gasteiger partial charge in [0.2, 0.25) is 0 Å². The van der Waals surface area contributed by atoms with Gasteiger partial charge in [-0.1, -0.05) is 11.6 Å². The molecule has 0 aromatic carbocycles. The lowest BCUT2D eigenvalue weighted by atomic mass is 10.1. The first-order valence-electron chi connectivity index (χ1n) is 4.26. The summed E-state index contributed by atoms with van der Waals surface area (Å²) in [5.74, 6) is 0. The number of aliphatic hydroxyl groups is 1. The Bertz CT molecular complexity index is 471. The molecule has 3 nitrogen and oxygen atoms in total. The Hall–Kier alpha value is -1.19. The first kappa shape index (κ1) is 9.37.